The predicted molar refractivity (Wildman–Crippen MR) is 84.9 cm³/mol. The van der Waals surface area contributed by atoms with Crippen molar-refractivity contribution < 1.29 is 33.4 Å². The van der Waals surface area contributed by atoms with Crippen LogP contribution in [-0.4, -0.2) is 61.2 Å². The molecule has 0 rings (SSSR count). The van der Waals surface area contributed by atoms with Gasteiger partial charge in [-0.05, 0) is 34.1 Å². The fourth-order valence-electron chi connectivity index (χ4n) is 3.21. The molecule has 0 saturated heterocycles. The normalized spacial score (nSPS) is 16.1. The number of rotatable bonds is 9. The highest BCUT2D eigenvalue weighted by molar-refractivity contribution is 7.52. The summed E-state index contributed by atoms with van der Waals surface area (Å²) >= 11 is 0. The van der Waals surface area contributed by atoms with Gasteiger partial charge in [0.05, 0.1) is 12.3 Å². The van der Waals surface area contributed by atoms with Crippen molar-refractivity contribution in [1.82, 2.24) is 4.90 Å². The molecular formula is C12H29NO7P2. The van der Waals surface area contributed by atoms with Crippen molar-refractivity contribution in [3.05, 3.63) is 0 Å². The van der Waals surface area contributed by atoms with Crippen LogP contribution in [0.3, 0.4) is 0 Å². The van der Waals surface area contributed by atoms with Gasteiger partial charge in [0.15, 0.2) is 0 Å². The zero-order valence-electron chi connectivity index (χ0n) is 14.1. The molecule has 4 N–H and O–H groups in total. The molecule has 134 valence electrons. The van der Waals surface area contributed by atoms with E-state index in [1.165, 1.54) is 7.11 Å². The first kappa shape index (κ1) is 22.2. The minimum Gasteiger partial charge on any atom is -0.366 e. The Bertz CT molecular complexity index is 414. The lowest BCUT2D eigenvalue weighted by molar-refractivity contribution is -0.123. The third-order valence-corrected chi connectivity index (χ3v) is 5.77. The summed E-state index contributed by atoms with van der Waals surface area (Å²) in [6.07, 6.45) is -0.899. The van der Waals surface area contributed by atoms with E-state index < -0.39 is 44.8 Å². The molecule has 0 heterocycles. The molecule has 8 nitrogen and oxygen atoms in total. The highest BCUT2D eigenvalue weighted by Crippen LogP contribution is 2.46. The SMILES string of the molecule is CCC(OC)N(C(C)(C)CP(=O)(O)O)C(C)(C)CP(=O)(O)O. The van der Waals surface area contributed by atoms with Crippen molar-refractivity contribution in [3.8, 4) is 0 Å². The highest BCUT2D eigenvalue weighted by Gasteiger charge is 2.47. The van der Waals surface area contributed by atoms with Gasteiger partial charge in [-0.1, -0.05) is 6.92 Å². The van der Waals surface area contributed by atoms with E-state index in [9.17, 15) is 28.7 Å². The van der Waals surface area contributed by atoms with Gasteiger partial charge in [0, 0.05) is 18.2 Å². The summed E-state index contributed by atoms with van der Waals surface area (Å²) in [5.74, 6) is 0. The van der Waals surface area contributed by atoms with E-state index in [2.05, 4.69) is 0 Å². The Morgan fingerprint density at radius 3 is 1.45 bits per heavy atom. The first-order valence-electron chi connectivity index (χ1n) is 6.97. The lowest BCUT2D eigenvalue weighted by atomic mass is 9.94. The summed E-state index contributed by atoms with van der Waals surface area (Å²) in [4.78, 5) is 38.9. The lowest BCUT2D eigenvalue weighted by Gasteiger charge is -2.51. The molecule has 0 fully saturated rings. The minimum absolute atomic E-state index is 0.440. The Hall–Kier alpha value is 0.220. The van der Waals surface area contributed by atoms with Crippen molar-refractivity contribution in [1.29, 1.82) is 0 Å². The maximum absolute atomic E-state index is 11.4. The summed E-state index contributed by atoms with van der Waals surface area (Å²) in [7, 11) is -7.17. The molecule has 22 heavy (non-hydrogen) atoms. The van der Waals surface area contributed by atoms with E-state index in [0.717, 1.165) is 0 Å². The van der Waals surface area contributed by atoms with Crippen LogP contribution in [0.5, 0.6) is 0 Å². The highest BCUT2D eigenvalue weighted by atomic mass is 31.2. The van der Waals surface area contributed by atoms with E-state index in [0.29, 0.717) is 6.42 Å². The van der Waals surface area contributed by atoms with Crippen LogP contribution in [-0.2, 0) is 13.9 Å². The second kappa shape index (κ2) is 7.41. The summed E-state index contributed by atoms with van der Waals surface area (Å²) in [6.45, 7) is 8.37. The average Bonchev–Trinajstić information content (AvgIpc) is 2.17. The van der Waals surface area contributed by atoms with E-state index in [4.69, 9.17) is 4.74 Å². The van der Waals surface area contributed by atoms with E-state index in [1.807, 2.05) is 6.92 Å². The van der Waals surface area contributed by atoms with Gasteiger partial charge >= 0.3 is 15.2 Å². The van der Waals surface area contributed by atoms with Gasteiger partial charge in [-0.25, -0.2) is 0 Å². The molecule has 10 heteroatoms. The van der Waals surface area contributed by atoms with Crippen LogP contribution in [0.25, 0.3) is 0 Å². The van der Waals surface area contributed by atoms with Crippen molar-refractivity contribution in [2.45, 2.75) is 58.3 Å². The summed E-state index contributed by atoms with van der Waals surface area (Å²) in [5.41, 5.74) is -2.04. The van der Waals surface area contributed by atoms with Gasteiger partial charge in [0.2, 0.25) is 0 Å². The summed E-state index contributed by atoms with van der Waals surface area (Å²) in [5, 5.41) is 0. The number of hydrogen-bond acceptors (Lipinski definition) is 4. The van der Waals surface area contributed by atoms with Crippen molar-refractivity contribution in [2.24, 2.45) is 0 Å². The molecule has 0 aromatic rings. The number of ether oxygens (including phenoxy) is 1. The Balaban J connectivity index is 5.83. The second-order valence-corrected chi connectivity index (χ2v) is 10.0. The first-order chi connectivity index (χ1) is 9.56. The molecule has 0 aromatic heterocycles. The number of hydrogen-bond donors (Lipinski definition) is 4. The van der Waals surface area contributed by atoms with Crippen LogP contribution in [0.1, 0.15) is 41.0 Å². The molecule has 0 radical (unpaired) electrons. The second-order valence-electron chi connectivity index (χ2n) is 6.74. The number of nitrogens with zero attached hydrogens (tertiary/aromatic N) is 1. The molecule has 0 aliphatic rings. The Morgan fingerprint density at radius 2 is 1.27 bits per heavy atom. The fourth-order valence-corrected chi connectivity index (χ4v) is 5.54. The molecule has 0 saturated carbocycles. The monoisotopic (exact) mass is 361 g/mol. The first-order valence-corrected chi connectivity index (χ1v) is 10.6. The maximum Gasteiger partial charge on any atom is 0.327 e. The van der Waals surface area contributed by atoms with Gasteiger partial charge in [-0.3, -0.25) is 14.0 Å². The van der Waals surface area contributed by atoms with E-state index in [-0.39, 0.29) is 0 Å². The van der Waals surface area contributed by atoms with Gasteiger partial charge in [-0.15, -0.1) is 0 Å². The topological polar surface area (TPSA) is 128 Å². The smallest absolute Gasteiger partial charge is 0.327 e. The molecule has 1 atom stereocenters. The zero-order chi connectivity index (χ0) is 18.0. The quantitative estimate of drug-likeness (QED) is 0.360. The van der Waals surface area contributed by atoms with Crippen molar-refractivity contribution in [2.75, 3.05) is 19.4 Å². The van der Waals surface area contributed by atoms with Gasteiger partial charge in [0.25, 0.3) is 0 Å². The van der Waals surface area contributed by atoms with Crippen LogP contribution >= 0.6 is 15.2 Å². The summed E-state index contributed by atoms with van der Waals surface area (Å²) < 4.78 is 28.3. The minimum atomic E-state index is -4.31. The van der Waals surface area contributed by atoms with Gasteiger partial charge < -0.3 is 24.3 Å². The van der Waals surface area contributed by atoms with Crippen LogP contribution in [0.4, 0.5) is 0 Å². The molecule has 0 aromatic carbocycles. The lowest BCUT2D eigenvalue weighted by Crippen LogP contribution is -2.63. The maximum atomic E-state index is 11.4. The van der Waals surface area contributed by atoms with E-state index >= 15 is 0 Å². The zero-order valence-corrected chi connectivity index (χ0v) is 15.8. The van der Waals surface area contributed by atoms with Crippen LogP contribution in [0, 0.1) is 0 Å². The van der Waals surface area contributed by atoms with Crippen molar-refractivity contribution >= 4 is 15.2 Å². The third kappa shape index (κ3) is 7.20. The predicted octanol–water partition coefficient (Wildman–Crippen LogP) is 1.58. The summed E-state index contributed by atoms with van der Waals surface area (Å²) in [6, 6.07) is 0. The van der Waals surface area contributed by atoms with Crippen LogP contribution < -0.4 is 0 Å². The Morgan fingerprint density at radius 1 is 0.955 bits per heavy atom. The third-order valence-electron chi connectivity index (χ3n) is 3.40. The molecule has 0 spiro atoms. The van der Waals surface area contributed by atoms with E-state index in [1.54, 1.807) is 32.6 Å². The molecule has 0 bridgehead atoms. The van der Waals surface area contributed by atoms with Gasteiger partial charge in [0.1, 0.15) is 6.23 Å². The Kier molecular flexibility index (Phi) is 7.48. The average molecular weight is 361 g/mol. The van der Waals surface area contributed by atoms with Crippen LogP contribution in [0.15, 0.2) is 0 Å². The van der Waals surface area contributed by atoms with Crippen molar-refractivity contribution in [3.63, 3.8) is 0 Å². The molecular weight excluding hydrogens is 332 g/mol. The fraction of sp³-hybridized carbons (Fsp3) is 1.00. The molecule has 0 amide bonds. The molecule has 0 aliphatic heterocycles. The largest absolute Gasteiger partial charge is 0.366 e. The Labute approximate surface area is 132 Å². The standard InChI is InChI=1S/C12H29NO7P2/c1-7-10(20-6)13(11(2,3)8-21(14,15)16)12(4,5)9-22(17,18)19/h10H,7-9H2,1-6H3,(H2,14,15,16)(H2,17,18,19). The number of methoxy groups -OCH3 is 1. The molecule has 0 aliphatic carbocycles. The molecule has 1 unspecified atom stereocenters. The van der Waals surface area contributed by atoms with Crippen LogP contribution in [0.2, 0.25) is 0 Å². The van der Waals surface area contributed by atoms with Gasteiger partial charge in [-0.2, -0.15) is 0 Å².